The van der Waals surface area contributed by atoms with E-state index in [4.69, 9.17) is 9.47 Å². The van der Waals surface area contributed by atoms with Crippen molar-refractivity contribution in [2.75, 3.05) is 13.2 Å². The maximum Gasteiger partial charge on any atom is 0.328 e. The van der Waals surface area contributed by atoms with Crippen molar-refractivity contribution in [3.8, 4) is 0 Å². The van der Waals surface area contributed by atoms with Crippen LogP contribution in [0.25, 0.3) is 0 Å². The summed E-state index contributed by atoms with van der Waals surface area (Å²) in [5.41, 5.74) is -0.754. The fourth-order valence-corrected chi connectivity index (χ4v) is 2.57. The largest absolute Gasteiger partial charge is 0.465 e. The molecule has 4 nitrogen and oxygen atoms in total. The second-order valence-corrected chi connectivity index (χ2v) is 6.14. The Morgan fingerprint density at radius 2 is 1.43 bits per heavy atom. The van der Waals surface area contributed by atoms with Crippen molar-refractivity contribution in [1.82, 2.24) is 0 Å². The summed E-state index contributed by atoms with van der Waals surface area (Å²) in [7, 11) is 0. The van der Waals surface area contributed by atoms with Crippen molar-refractivity contribution >= 4 is 11.9 Å². The Kier molecular flexibility index (Phi) is 7.79. The number of esters is 2. The van der Waals surface area contributed by atoms with Gasteiger partial charge >= 0.3 is 11.9 Å². The van der Waals surface area contributed by atoms with Crippen LogP contribution in [0.2, 0.25) is 0 Å². The minimum Gasteiger partial charge on any atom is -0.465 e. The van der Waals surface area contributed by atoms with Crippen molar-refractivity contribution in [2.24, 2.45) is 5.92 Å². The minimum absolute atomic E-state index is 0.138. The fraction of sp³-hybridized carbons (Fsp3) is 0.579. The average molecular weight is 320 g/mol. The van der Waals surface area contributed by atoms with Crippen LogP contribution in [0.3, 0.4) is 0 Å². The summed E-state index contributed by atoms with van der Waals surface area (Å²) >= 11 is 0. The topological polar surface area (TPSA) is 52.6 Å². The molecule has 4 heteroatoms. The molecule has 128 valence electrons. The quantitative estimate of drug-likeness (QED) is 0.512. The molecule has 0 atom stereocenters. The van der Waals surface area contributed by atoms with Crippen LogP contribution >= 0.6 is 0 Å². The van der Waals surface area contributed by atoms with E-state index >= 15 is 0 Å². The number of ether oxygens (including phenoxy) is 2. The van der Waals surface area contributed by atoms with Gasteiger partial charge < -0.3 is 9.47 Å². The van der Waals surface area contributed by atoms with Crippen LogP contribution in [0, 0.1) is 5.92 Å². The monoisotopic (exact) mass is 320 g/mol. The summed E-state index contributed by atoms with van der Waals surface area (Å²) < 4.78 is 10.7. The highest BCUT2D eigenvalue weighted by Gasteiger charge is 2.50. The average Bonchev–Trinajstić information content (AvgIpc) is 2.55. The summed E-state index contributed by atoms with van der Waals surface area (Å²) in [5.74, 6) is -0.890. The van der Waals surface area contributed by atoms with Gasteiger partial charge in [0.15, 0.2) is 5.41 Å². The number of rotatable bonds is 9. The number of carbonyl (C=O) groups excluding carboxylic acids is 2. The maximum absolute atomic E-state index is 12.8. The lowest BCUT2D eigenvalue weighted by molar-refractivity contribution is -0.166. The first-order valence-electron chi connectivity index (χ1n) is 8.39. The van der Waals surface area contributed by atoms with Gasteiger partial charge in [0.1, 0.15) is 0 Å². The summed E-state index contributed by atoms with van der Waals surface area (Å²) in [6, 6.07) is 9.10. The molecule has 0 radical (unpaired) electrons. The van der Waals surface area contributed by atoms with Crippen molar-refractivity contribution in [3.05, 3.63) is 35.9 Å². The van der Waals surface area contributed by atoms with Crippen LogP contribution in [0.4, 0.5) is 0 Å². The fourth-order valence-electron chi connectivity index (χ4n) is 2.57. The molecule has 0 spiro atoms. The molecule has 1 rings (SSSR count). The minimum atomic E-state index is -1.39. The van der Waals surface area contributed by atoms with Gasteiger partial charge in [-0.25, -0.2) is 0 Å². The Bertz CT molecular complexity index is 473. The maximum atomic E-state index is 12.8. The second kappa shape index (κ2) is 9.33. The molecule has 23 heavy (non-hydrogen) atoms. The molecule has 0 N–H and O–H groups in total. The molecule has 0 fully saturated rings. The van der Waals surface area contributed by atoms with Crippen LogP contribution in [0.15, 0.2) is 30.3 Å². The Morgan fingerprint density at radius 3 is 1.83 bits per heavy atom. The molecule has 0 aliphatic carbocycles. The predicted molar refractivity (Wildman–Crippen MR) is 90.1 cm³/mol. The molecule has 0 saturated heterocycles. The summed E-state index contributed by atoms with van der Waals surface area (Å²) in [6.07, 6.45) is 1.78. The summed E-state index contributed by atoms with van der Waals surface area (Å²) in [5, 5.41) is 0. The van der Waals surface area contributed by atoms with Gasteiger partial charge in [-0.1, -0.05) is 58.0 Å². The molecule has 0 saturated carbocycles. The second-order valence-electron chi connectivity index (χ2n) is 6.14. The van der Waals surface area contributed by atoms with Gasteiger partial charge in [0.05, 0.1) is 13.2 Å². The zero-order valence-electron chi connectivity index (χ0n) is 14.6. The van der Waals surface area contributed by atoms with Gasteiger partial charge in [0.25, 0.3) is 0 Å². The van der Waals surface area contributed by atoms with E-state index in [1.165, 1.54) is 0 Å². The molecule has 0 aliphatic rings. The van der Waals surface area contributed by atoms with E-state index in [-0.39, 0.29) is 5.92 Å². The van der Waals surface area contributed by atoms with E-state index in [1.807, 2.05) is 45.9 Å². The lowest BCUT2D eigenvalue weighted by Gasteiger charge is -2.31. The highest BCUT2D eigenvalue weighted by Crippen LogP contribution is 2.34. The Hall–Kier alpha value is -1.84. The smallest absolute Gasteiger partial charge is 0.328 e. The van der Waals surface area contributed by atoms with Gasteiger partial charge in [-0.15, -0.1) is 0 Å². The van der Waals surface area contributed by atoms with Crippen LogP contribution in [-0.4, -0.2) is 25.2 Å². The van der Waals surface area contributed by atoms with Crippen molar-refractivity contribution in [2.45, 2.75) is 52.4 Å². The van der Waals surface area contributed by atoms with E-state index in [0.717, 1.165) is 0 Å². The SMILES string of the molecule is CCCOC(=O)C(CC(C)C)(C(=O)OCCC)c1ccccc1. The van der Waals surface area contributed by atoms with E-state index in [0.29, 0.717) is 38.0 Å². The molecule has 1 aromatic carbocycles. The van der Waals surface area contributed by atoms with Crippen molar-refractivity contribution < 1.29 is 19.1 Å². The van der Waals surface area contributed by atoms with Gasteiger partial charge in [0, 0.05) is 0 Å². The Morgan fingerprint density at radius 1 is 0.957 bits per heavy atom. The molecule has 0 unspecified atom stereocenters. The van der Waals surface area contributed by atoms with Gasteiger partial charge in [0.2, 0.25) is 0 Å². The third kappa shape index (κ3) is 4.81. The van der Waals surface area contributed by atoms with Gasteiger partial charge in [-0.3, -0.25) is 9.59 Å². The third-order valence-corrected chi connectivity index (χ3v) is 3.55. The zero-order valence-corrected chi connectivity index (χ0v) is 14.6. The number of carbonyl (C=O) groups is 2. The zero-order chi connectivity index (χ0) is 17.3. The van der Waals surface area contributed by atoms with Crippen LogP contribution in [0.5, 0.6) is 0 Å². The van der Waals surface area contributed by atoms with Crippen LogP contribution in [0.1, 0.15) is 52.5 Å². The first-order chi connectivity index (χ1) is 11.0. The number of benzene rings is 1. The first kappa shape index (κ1) is 19.2. The highest BCUT2D eigenvalue weighted by atomic mass is 16.6. The Labute approximate surface area is 139 Å². The Balaban J connectivity index is 3.32. The van der Waals surface area contributed by atoms with E-state index in [9.17, 15) is 9.59 Å². The molecule has 0 amide bonds. The van der Waals surface area contributed by atoms with Gasteiger partial charge in [-0.05, 0) is 30.7 Å². The van der Waals surface area contributed by atoms with Gasteiger partial charge in [-0.2, -0.15) is 0 Å². The molecule has 1 aromatic rings. The number of hydrogen-bond donors (Lipinski definition) is 0. The van der Waals surface area contributed by atoms with Crippen molar-refractivity contribution in [1.29, 1.82) is 0 Å². The molecule has 0 bridgehead atoms. The normalized spacial score (nSPS) is 11.3. The van der Waals surface area contributed by atoms with E-state index < -0.39 is 17.4 Å². The molecule has 0 aromatic heterocycles. The first-order valence-corrected chi connectivity index (χ1v) is 8.39. The summed E-state index contributed by atoms with van der Waals surface area (Å²) in [6.45, 7) is 8.42. The predicted octanol–water partition coefficient (Wildman–Crippen LogP) is 3.88. The molecular weight excluding hydrogens is 292 g/mol. The molecule has 0 aliphatic heterocycles. The third-order valence-electron chi connectivity index (χ3n) is 3.55. The molecular formula is C19H28O4. The lowest BCUT2D eigenvalue weighted by Crippen LogP contribution is -2.47. The lowest BCUT2D eigenvalue weighted by atomic mass is 9.74. The van der Waals surface area contributed by atoms with E-state index in [1.54, 1.807) is 12.1 Å². The number of hydrogen-bond acceptors (Lipinski definition) is 4. The summed E-state index contributed by atoms with van der Waals surface area (Å²) in [4.78, 5) is 25.7. The van der Waals surface area contributed by atoms with Crippen LogP contribution in [-0.2, 0) is 24.5 Å². The standard InChI is InChI=1S/C19H28O4/c1-5-12-22-17(20)19(14-15(3)4,18(21)23-13-6-2)16-10-8-7-9-11-16/h7-11,15H,5-6,12-14H2,1-4H3. The van der Waals surface area contributed by atoms with Crippen molar-refractivity contribution in [3.63, 3.8) is 0 Å². The van der Waals surface area contributed by atoms with Crippen LogP contribution < -0.4 is 0 Å². The highest BCUT2D eigenvalue weighted by molar-refractivity contribution is 6.06. The molecule has 0 heterocycles. The van der Waals surface area contributed by atoms with E-state index in [2.05, 4.69) is 0 Å².